The molecule has 1 aromatic rings. The molecule has 2 N–H and O–H groups in total. The van der Waals surface area contributed by atoms with Gasteiger partial charge in [-0.15, -0.1) is 0 Å². The van der Waals surface area contributed by atoms with E-state index in [1.165, 1.54) is 12.3 Å². The van der Waals surface area contributed by atoms with Gasteiger partial charge in [0.05, 0.1) is 16.5 Å². The number of rotatable bonds is 3. The van der Waals surface area contributed by atoms with Crippen LogP contribution in [-0.4, -0.2) is 28.0 Å². The molecule has 1 fully saturated rings. The molecular formula is C13H14Cl2N2O3. The second kappa shape index (κ2) is 6.41. The lowest BCUT2D eigenvalue weighted by molar-refractivity contribution is -0.142. The van der Waals surface area contributed by atoms with Crippen molar-refractivity contribution in [3.05, 3.63) is 28.0 Å². The minimum atomic E-state index is -0.765. The molecule has 1 heterocycles. The molecule has 1 saturated carbocycles. The summed E-state index contributed by atoms with van der Waals surface area (Å²) in [6.07, 6.45) is 3.79. The van der Waals surface area contributed by atoms with Crippen LogP contribution in [0.3, 0.4) is 0 Å². The Morgan fingerprint density at radius 2 is 1.90 bits per heavy atom. The molecular weight excluding hydrogens is 303 g/mol. The molecule has 20 heavy (non-hydrogen) atoms. The predicted molar refractivity (Wildman–Crippen MR) is 75.1 cm³/mol. The van der Waals surface area contributed by atoms with Gasteiger partial charge in [0.2, 0.25) is 0 Å². The zero-order chi connectivity index (χ0) is 14.7. The van der Waals surface area contributed by atoms with Crippen molar-refractivity contribution in [1.29, 1.82) is 0 Å². The third-order valence-electron chi connectivity index (χ3n) is 3.48. The van der Waals surface area contributed by atoms with Gasteiger partial charge in [-0.2, -0.15) is 0 Å². The van der Waals surface area contributed by atoms with Crippen LogP contribution in [0.2, 0.25) is 10.2 Å². The van der Waals surface area contributed by atoms with Crippen molar-refractivity contribution in [2.24, 2.45) is 5.92 Å². The van der Waals surface area contributed by atoms with Gasteiger partial charge in [0.15, 0.2) is 0 Å². The minimum Gasteiger partial charge on any atom is -0.481 e. The number of nitrogens with zero attached hydrogens (tertiary/aromatic N) is 1. The second-order valence-corrected chi connectivity index (χ2v) is 5.64. The van der Waals surface area contributed by atoms with Crippen LogP contribution in [0.5, 0.6) is 0 Å². The number of amides is 1. The summed E-state index contributed by atoms with van der Waals surface area (Å²) in [7, 11) is 0. The maximum absolute atomic E-state index is 12.1. The Balaban J connectivity index is 1.96. The number of hydrogen-bond donors (Lipinski definition) is 2. The lowest BCUT2D eigenvalue weighted by atomic mass is 9.86. The maximum Gasteiger partial charge on any atom is 0.306 e. The highest BCUT2D eigenvalue weighted by atomic mass is 35.5. The Morgan fingerprint density at radius 1 is 1.25 bits per heavy atom. The number of halogens is 2. The fraction of sp³-hybridized carbons (Fsp3) is 0.462. The average molecular weight is 317 g/mol. The van der Waals surface area contributed by atoms with E-state index in [2.05, 4.69) is 10.3 Å². The predicted octanol–water partition coefficient (Wildman–Crippen LogP) is 2.76. The van der Waals surface area contributed by atoms with Crippen LogP contribution in [0.1, 0.15) is 36.0 Å². The van der Waals surface area contributed by atoms with E-state index in [0.29, 0.717) is 25.7 Å². The summed E-state index contributed by atoms with van der Waals surface area (Å²) in [4.78, 5) is 26.7. The van der Waals surface area contributed by atoms with Crippen LogP contribution in [0.4, 0.5) is 0 Å². The molecule has 0 unspecified atom stereocenters. The minimum absolute atomic E-state index is 0.0268. The van der Waals surface area contributed by atoms with E-state index >= 15 is 0 Å². The number of carbonyl (C=O) groups excluding carboxylic acids is 1. The molecule has 0 bridgehead atoms. The summed E-state index contributed by atoms with van der Waals surface area (Å²) in [5.74, 6) is -1.38. The first-order valence-electron chi connectivity index (χ1n) is 6.32. The van der Waals surface area contributed by atoms with Crippen LogP contribution in [-0.2, 0) is 4.79 Å². The zero-order valence-corrected chi connectivity index (χ0v) is 12.1. The molecule has 108 valence electrons. The van der Waals surface area contributed by atoms with Crippen molar-refractivity contribution in [2.45, 2.75) is 31.7 Å². The largest absolute Gasteiger partial charge is 0.481 e. The Labute approximate surface area is 126 Å². The van der Waals surface area contributed by atoms with Gasteiger partial charge in [-0.3, -0.25) is 9.59 Å². The molecule has 1 aliphatic carbocycles. The molecule has 1 amide bonds. The van der Waals surface area contributed by atoms with Crippen molar-refractivity contribution >= 4 is 35.1 Å². The smallest absolute Gasteiger partial charge is 0.306 e. The van der Waals surface area contributed by atoms with Gasteiger partial charge in [-0.25, -0.2) is 4.98 Å². The summed E-state index contributed by atoms with van der Waals surface area (Å²) in [5.41, 5.74) is 0.284. The Morgan fingerprint density at radius 3 is 2.50 bits per heavy atom. The molecule has 1 aromatic heterocycles. The third-order valence-corrected chi connectivity index (χ3v) is 3.99. The van der Waals surface area contributed by atoms with Crippen LogP contribution >= 0.6 is 23.2 Å². The molecule has 0 aromatic carbocycles. The van der Waals surface area contributed by atoms with Crippen molar-refractivity contribution in [1.82, 2.24) is 10.3 Å². The first-order chi connectivity index (χ1) is 9.47. The van der Waals surface area contributed by atoms with Gasteiger partial charge in [0.25, 0.3) is 5.91 Å². The van der Waals surface area contributed by atoms with Crippen molar-refractivity contribution in [3.8, 4) is 0 Å². The summed E-state index contributed by atoms with van der Waals surface area (Å²) in [5, 5.41) is 12.2. The topological polar surface area (TPSA) is 79.3 Å². The van der Waals surface area contributed by atoms with Crippen LogP contribution in [0.25, 0.3) is 0 Å². The Bertz CT molecular complexity index is 528. The molecule has 7 heteroatoms. The SMILES string of the molecule is O=C(NC1CCC(C(=O)O)CC1)c1cc(Cl)ncc1Cl. The lowest BCUT2D eigenvalue weighted by Gasteiger charge is -2.26. The van der Waals surface area contributed by atoms with Crippen LogP contribution in [0, 0.1) is 5.92 Å². The van der Waals surface area contributed by atoms with E-state index in [4.69, 9.17) is 28.3 Å². The summed E-state index contributed by atoms with van der Waals surface area (Å²) >= 11 is 11.7. The third kappa shape index (κ3) is 3.61. The second-order valence-electron chi connectivity index (χ2n) is 4.85. The molecule has 0 atom stereocenters. The number of aliphatic carboxylic acids is 1. The van der Waals surface area contributed by atoms with Gasteiger partial charge >= 0.3 is 5.97 Å². The zero-order valence-electron chi connectivity index (χ0n) is 10.6. The summed E-state index contributed by atoms with van der Waals surface area (Å²) < 4.78 is 0. The van der Waals surface area contributed by atoms with Gasteiger partial charge in [0.1, 0.15) is 5.15 Å². The molecule has 5 nitrogen and oxygen atoms in total. The number of pyridine rings is 1. The standard InChI is InChI=1S/C13H14Cl2N2O3/c14-10-6-16-11(15)5-9(10)12(18)17-8-3-1-7(2-4-8)13(19)20/h5-8H,1-4H2,(H,17,18)(H,19,20). The lowest BCUT2D eigenvalue weighted by Crippen LogP contribution is -2.38. The highest BCUT2D eigenvalue weighted by molar-refractivity contribution is 6.35. The molecule has 0 spiro atoms. The number of aromatic nitrogens is 1. The average Bonchev–Trinajstić information content (AvgIpc) is 2.42. The fourth-order valence-corrected chi connectivity index (χ4v) is 2.68. The molecule has 1 aliphatic rings. The maximum atomic E-state index is 12.1. The fourth-order valence-electron chi connectivity index (χ4n) is 2.34. The Hall–Kier alpha value is -1.33. The monoisotopic (exact) mass is 316 g/mol. The van der Waals surface area contributed by atoms with Crippen molar-refractivity contribution in [2.75, 3.05) is 0 Å². The quantitative estimate of drug-likeness (QED) is 0.840. The number of carboxylic acids is 1. The van der Waals surface area contributed by atoms with E-state index < -0.39 is 5.97 Å². The molecule has 0 radical (unpaired) electrons. The van der Waals surface area contributed by atoms with Gasteiger partial charge in [0, 0.05) is 12.2 Å². The van der Waals surface area contributed by atoms with E-state index in [1.807, 2.05) is 0 Å². The first-order valence-corrected chi connectivity index (χ1v) is 7.07. The summed E-state index contributed by atoms with van der Waals surface area (Å²) in [6, 6.07) is 1.39. The molecule has 0 saturated heterocycles. The van der Waals surface area contributed by atoms with E-state index in [9.17, 15) is 9.59 Å². The molecule has 2 rings (SSSR count). The first kappa shape index (κ1) is 15.1. The van der Waals surface area contributed by atoms with Crippen molar-refractivity contribution < 1.29 is 14.7 Å². The number of carbonyl (C=O) groups is 2. The van der Waals surface area contributed by atoms with Gasteiger partial charge in [-0.05, 0) is 31.7 Å². The number of carboxylic acid groups (broad SMARTS) is 1. The van der Waals surface area contributed by atoms with Gasteiger partial charge < -0.3 is 10.4 Å². The van der Waals surface area contributed by atoms with E-state index in [0.717, 1.165) is 0 Å². The normalized spacial score (nSPS) is 22.3. The van der Waals surface area contributed by atoms with E-state index in [1.54, 1.807) is 0 Å². The number of nitrogens with one attached hydrogen (secondary N) is 1. The highest BCUT2D eigenvalue weighted by Gasteiger charge is 2.27. The van der Waals surface area contributed by atoms with Crippen molar-refractivity contribution in [3.63, 3.8) is 0 Å². The Kier molecular flexibility index (Phi) is 4.83. The number of hydrogen-bond acceptors (Lipinski definition) is 3. The van der Waals surface area contributed by atoms with Gasteiger partial charge in [-0.1, -0.05) is 23.2 Å². The van der Waals surface area contributed by atoms with E-state index in [-0.39, 0.29) is 33.6 Å². The molecule has 0 aliphatic heterocycles. The summed E-state index contributed by atoms with van der Waals surface area (Å²) in [6.45, 7) is 0. The van der Waals surface area contributed by atoms with Crippen LogP contribution < -0.4 is 5.32 Å². The van der Waals surface area contributed by atoms with Crippen LogP contribution in [0.15, 0.2) is 12.3 Å². The highest BCUT2D eigenvalue weighted by Crippen LogP contribution is 2.25.